The molecule has 5 amide bonds. The van der Waals surface area contributed by atoms with Gasteiger partial charge in [0.1, 0.15) is 28.2 Å². The lowest BCUT2D eigenvalue weighted by Gasteiger charge is -2.23. The molecule has 2 atom stereocenters. The summed E-state index contributed by atoms with van der Waals surface area (Å²) in [6.07, 6.45) is 0.672. The smallest absolute Gasteiger partial charge is 0.275 e. The van der Waals surface area contributed by atoms with Gasteiger partial charge in [-0.15, -0.1) is 11.3 Å². The Morgan fingerprint density at radius 2 is 1.82 bits per heavy atom. The number of aromatic nitrogens is 4. The number of hydrogen-bond acceptors (Lipinski definition) is 12. The van der Waals surface area contributed by atoms with Gasteiger partial charge in [-0.05, 0) is 36.9 Å². The Morgan fingerprint density at radius 1 is 1.04 bits per heavy atom. The maximum Gasteiger partial charge on any atom is 0.275 e. The van der Waals surface area contributed by atoms with E-state index in [4.69, 9.17) is 4.42 Å². The molecular formula is C33H39N9O7S. The SMILES string of the molecule is Cc1nonc1C(=O)NCC(=O)N1CCCC(=O)N[C@@H](Cc2ccccc2)c2nc(c(C)o2)C(=O)N[C@@H](C(C)C)c2nc(cs2)C(=O)NCC1. The molecule has 4 aromatic rings. The Morgan fingerprint density at radius 3 is 2.54 bits per heavy atom. The lowest BCUT2D eigenvalue weighted by Crippen LogP contribution is -2.44. The maximum absolute atomic E-state index is 13.5. The molecule has 3 aromatic heterocycles. The zero-order valence-corrected chi connectivity index (χ0v) is 29.0. The van der Waals surface area contributed by atoms with Gasteiger partial charge >= 0.3 is 0 Å². The van der Waals surface area contributed by atoms with Crippen molar-refractivity contribution in [2.45, 2.75) is 59.0 Å². The summed E-state index contributed by atoms with van der Waals surface area (Å²) in [5.74, 6) is -1.91. The Labute approximate surface area is 291 Å². The quantitative estimate of drug-likeness (QED) is 0.229. The molecule has 4 bridgehead atoms. The Kier molecular flexibility index (Phi) is 11.7. The van der Waals surface area contributed by atoms with Crippen LogP contribution in [-0.4, -0.2) is 80.9 Å². The number of carbonyl (C=O) groups excluding carboxylic acids is 5. The van der Waals surface area contributed by atoms with Crippen molar-refractivity contribution in [1.29, 1.82) is 0 Å². The number of nitrogens with one attached hydrogen (secondary N) is 4. The molecule has 0 unspecified atom stereocenters. The van der Waals surface area contributed by atoms with Crippen LogP contribution in [0.1, 0.15) is 98.2 Å². The third-order valence-electron chi connectivity index (χ3n) is 8.04. The standard InChI is InChI=1S/C33H39N9O7S/c1-18(2)26-33-37-23(17-50-33)29(45)34-12-14-42(25(44)16-35-30(46)27-19(3)40-49-41-27)13-8-11-24(43)36-22(15-21-9-6-5-7-10-21)32-39-28(20(4)48-32)31(47)38-26/h5-7,9-10,17-18,22,26H,8,11-16H2,1-4H3,(H,34,45)(H,35,46)(H,36,43)(H,38,47)/t22-,26-/m0/s1. The first-order valence-electron chi connectivity index (χ1n) is 16.2. The Hall–Kier alpha value is -5.45. The average molecular weight is 706 g/mol. The largest absolute Gasteiger partial charge is 0.443 e. The molecule has 16 nitrogen and oxygen atoms in total. The zero-order chi connectivity index (χ0) is 35.8. The van der Waals surface area contributed by atoms with Crippen LogP contribution in [0.2, 0.25) is 0 Å². The van der Waals surface area contributed by atoms with Crippen LogP contribution in [0, 0.1) is 19.8 Å². The number of carbonyl (C=O) groups is 5. The van der Waals surface area contributed by atoms with Crippen molar-refractivity contribution < 1.29 is 33.0 Å². The summed E-state index contributed by atoms with van der Waals surface area (Å²) in [5, 5.41) is 20.6. The summed E-state index contributed by atoms with van der Waals surface area (Å²) >= 11 is 1.24. The van der Waals surface area contributed by atoms with Crippen LogP contribution >= 0.6 is 11.3 Å². The van der Waals surface area contributed by atoms with E-state index in [0.717, 1.165) is 5.56 Å². The molecule has 17 heteroatoms. The fourth-order valence-electron chi connectivity index (χ4n) is 5.33. The molecule has 0 radical (unpaired) electrons. The van der Waals surface area contributed by atoms with Crippen LogP contribution in [-0.2, 0) is 16.0 Å². The van der Waals surface area contributed by atoms with E-state index in [9.17, 15) is 24.0 Å². The summed E-state index contributed by atoms with van der Waals surface area (Å²) in [7, 11) is 0. The lowest BCUT2D eigenvalue weighted by atomic mass is 10.0. The minimum absolute atomic E-state index is 0.0340. The van der Waals surface area contributed by atoms with E-state index >= 15 is 0 Å². The number of hydrogen-bond donors (Lipinski definition) is 4. The van der Waals surface area contributed by atoms with Gasteiger partial charge < -0.3 is 30.6 Å². The van der Waals surface area contributed by atoms with Gasteiger partial charge in [-0.3, -0.25) is 24.0 Å². The van der Waals surface area contributed by atoms with Crippen molar-refractivity contribution in [3.63, 3.8) is 0 Å². The molecule has 5 rings (SSSR count). The van der Waals surface area contributed by atoms with Gasteiger partial charge in [0, 0.05) is 37.9 Å². The first-order chi connectivity index (χ1) is 24.0. The minimum atomic E-state index is -0.684. The van der Waals surface area contributed by atoms with E-state index in [1.54, 1.807) is 19.2 Å². The normalized spacial score (nSPS) is 17.9. The molecule has 1 aliphatic heterocycles. The van der Waals surface area contributed by atoms with E-state index in [0.29, 0.717) is 11.4 Å². The lowest BCUT2D eigenvalue weighted by molar-refractivity contribution is -0.130. The van der Waals surface area contributed by atoms with Gasteiger partial charge in [0.2, 0.25) is 17.7 Å². The number of thiazole rings is 1. The molecule has 0 saturated carbocycles. The van der Waals surface area contributed by atoms with Crippen LogP contribution in [0.4, 0.5) is 0 Å². The minimum Gasteiger partial charge on any atom is -0.443 e. The molecule has 0 aliphatic carbocycles. The van der Waals surface area contributed by atoms with Gasteiger partial charge in [0.15, 0.2) is 11.4 Å². The highest BCUT2D eigenvalue weighted by Gasteiger charge is 2.29. The average Bonchev–Trinajstić information content (AvgIpc) is 3.85. The topological polar surface area (TPSA) is 215 Å². The van der Waals surface area contributed by atoms with E-state index in [-0.39, 0.29) is 85.3 Å². The number of oxazole rings is 1. The fraction of sp³-hybridized carbons (Fsp3) is 0.424. The summed E-state index contributed by atoms with van der Waals surface area (Å²) in [6, 6.07) is 8.29. The second-order valence-electron chi connectivity index (χ2n) is 12.2. The molecule has 50 heavy (non-hydrogen) atoms. The fourth-order valence-corrected chi connectivity index (χ4v) is 6.35. The van der Waals surface area contributed by atoms with Crippen LogP contribution in [0.3, 0.4) is 0 Å². The van der Waals surface area contributed by atoms with Gasteiger partial charge in [-0.1, -0.05) is 49.3 Å². The Bertz CT molecular complexity index is 1830. The van der Waals surface area contributed by atoms with E-state index in [1.807, 2.05) is 44.2 Å². The molecule has 1 aromatic carbocycles. The van der Waals surface area contributed by atoms with Crippen LogP contribution in [0.15, 0.2) is 44.8 Å². The highest BCUT2D eigenvalue weighted by atomic mass is 32.1. The predicted molar refractivity (Wildman–Crippen MR) is 179 cm³/mol. The van der Waals surface area contributed by atoms with Crippen molar-refractivity contribution in [2.75, 3.05) is 26.2 Å². The molecule has 264 valence electrons. The monoisotopic (exact) mass is 705 g/mol. The second-order valence-corrected chi connectivity index (χ2v) is 13.0. The third kappa shape index (κ3) is 8.96. The van der Waals surface area contributed by atoms with E-state index in [1.165, 1.54) is 16.2 Å². The number of benzene rings is 1. The molecule has 4 heterocycles. The summed E-state index contributed by atoms with van der Waals surface area (Å²) in [5.41, 5.74) is 1.42. The van der Waals surface area contributed by atoms with Gasteiger partial charge in [-0.2, -0.15) is 0 Å². The van der Waals surface area contributed by atoms with Crippen molar-refractivity contribution >= 4 is 40.9 Å². The van der Waals surface area contributed by atoms with Crippen LogP contribution in [0.5, 0.6) is 0 Å². The third-order valence-corrected chi connectivity index (χ3v) is 8.97. The highest BCUT2D eigenvalue weighted by Crippen LogP contribution is 2.27. The molecular weight excluding hydrogens is 666 g/mol. The number of fused-ring (bicyclic) bond motifs is 4. The highest BCUT2D eigenvalue weighted by molar-refractivity contribution is 7.09. The van der Waals surface area contributed by atoms with Crippen molar-refractivity contribution in [1.82, 2.24) is 46.4 Å². The maximum atomic E-state index is 13.5. The molecule has 4 N–H and O–H groups in total. The van der Waals surface area contributed by atoms with E-state index in [2.05, 4.69) is 46.2 Å². The van der Waals surface area contributed by atoms with Crippen molar-refractivity contribution in [2.24, 2.45) is 5.92 Å². The second kappa shape index (κ2) is 16.3. The van der Waals surface area contributed by atoms with Crippen LogP contribution in [0.25, 0.3) is 0 Å². The molecule has 0 saturated heterocycles. The van der Waals surface area contributed by atoms with Gasteiger partial charge in [-0.25, -0.2) is 14.6 Å². The number of rotatable bonds is 6. The van der Waals surface area contributed by atoms with Crippen molar-refractivity contribution in [3.8, 4) is 0 Å². The zero-order valence-electron chi connectivity index (χ0n) is 28.1. The van der Waals surface area contributed by atoms with E-state index < -0.39 is 35.7 Å². The summed E-state index contributed by atoms with van der Waals surface area (Å²) in [6.45, 7) is 7.02. The molecule has 0 fully saturated rings. The predicted octanol–water partition coefficient (Wildman–Crippen LogP) is 2.44. The molecule has 1 aliphatic rings. The molecule has 0 spiro atoms. The summed E-state index contributed by atoms with van der Waals surface area (Å²) < 4.78 is 10.6. The number of nitrogens with zero attached hydrogens (tertiary/aromatic N) is 5. The summed E-state index contributed by atoms with van der Waals surface area (Å²) in [4.78, 5) is 76.1. The van der Waals surface area contributed by atoms with Gasteiger partial charge in [0.05, 0.1) is 12.6 Å². The first-order valence-corrected chi connectivity index (χ1v) is 17.1. The number of aryl methyl sites for hydroxylation is 2. The van der Waals surface area contributed by atoms with Gasteiger partial charge in [0.25, 0.3) is 17.7 Å². The van der Waals surface area contributed by atoms with Crippen LogP contribution < -0.4 is 21.3 Å². The Balaban J connectivity index is 1.39. The number of amides is 5. The first kappa shape index (κ1) is 35.8. The van der Waals surface area contributed by atoms with Crippen molar-refractivity contribution in [3.05, 3.63) is 80.7 Å².